The maximum Gasteiger partial charge on any atom is 0.263 e. The van der Waals surface area contributed by atoms with E-state index in [2.05, 4.69) is 10.1 Å². The highest BCUT2D eigenvalue weighted by atomic mass is 16.5. The molecule has 0 N–H and O–H groups in total. The average molecular weight is 269 g/mol. The molecule has 3 heterocycles. The quantitative estimate of drug-likeness (QED) is 0.772. The third kappa shape index (κ3) is 1.02. The Hall–Kier alpha value is -2.50. The van der Waals surface area contributed by atoms with Gasteiger partial charge in [0, 0.05) is 12.0 Å². The van der Waals surface area contributed by atoms with Crippen LogP contribution in [0.2, 0.25) is 0 Å². The normalized spacial score (nSPS) is 23.0. The summed E-state index contributed by atoms with van der Waals surface area (Å²) in [5.74, 6) is 0.272. The molecule has 1 atom stereocenters. The maximum absolute atomic E-state index is 12.3. The number of benzene rings is 1. The van der Waals surface area contributed by atoms with E-state index in [0.717, 1.165) is 5.56 Å². The number of carbonyl (C=O) groups excluding carboxylic acids is 2. The summed E-state index contributed by atoms with van der Waals surface area (Å²) in [4.78, 5) is 30.2. The molecule has 6 heteroatoms. The first kappa shape index (κ1) is 11.3. The van der Waals surface area contributed by atoms with Crippen molar-refractivity contribution >= 4 is 11.8 Å². The summed E-state index contributed by atoms with van der Waals surface area (Å²) in [6.07, 6.45) is 0.633. The van der Waals surface area contributed by atoms with Gasteiger partial charge < -0.3 is 4.52 Å². The van der Waals surface area contributed by atoms with Crippen LogP contribution in [0.15, 0.2) is 22.7 Å². The molecule has 20 heavy (non-hydrogen) atoms. The van der Waals surface area contributed by atoms with E-state index in [1.54, 1.807) is 19.1 Å². The Morgan fingerprint density at radius 2 is 2.10 bits per heavy atom. The van der Waals surface area contributed by atoms with Crippen LogP contribution >= 0.6 is 0 Å². The molecule has 1 unspecified atom stereocenters. The van der Waals surface area contributed by atoms with Crippen molar-refractivity contribution < 1.29 is 14.1 Å². The molecule has 0 radical (unpaired) electrons. The standard InChI is InChI=1S/C14H11N3O3/c1-3-9-15-13(20-16-9)14(2)8-6-4-5-7-10(8)12(19)17(14)11(7)18/h4-6H,3H2,1-2H3. The van der Waals surface area contributed by atoms with Gasteiger partial charge in [0.1, 0.15) is 0 Å². The maximum atomic E-state index is 12.3. The number of carbonyl (C=O) groups is 2. The number of nitrogens with zero attached hydrogens (tertiary/aromatic N) is 3. The largest absolute Gasteiger partial charge is 0.336 e. The number of imide groups is 1. The summed E-state index contributed by atoms with van der Waals surface area (Å²) in [5, 5.41) is 3.87. The van der Waals surface area contributed by atoms with Crippen molar-refractivity contribution in [2.45, 2.75) is 25.8 Å². The van der Waals surface area contributed by atoms with Crippen molar-refractivity contribution in [2.75, 3.05) is 0 Å². The van der Waals surface area contributed by atoms with Crippen LogP contribution in [0.4, 0.5) is 0 Å². The van der Waals surface area contributed by atoms with Crippen LogP contribution in [-0.4, -0.2) is 26.9 Å². The zero-order valence-corrected chi connectivity index (χ0v) is 11.0. The highest BCUT2D eigenvalue weighted by molar-refractivity contribution is 6.25. The molecule has 2 aliphatic rings. The van der Waals surface area contributed by atoms with Crippen molar-refractivity contribution in [3.63, 3.8) is 0 Å². The summed E-state index contributed by atoms with van der Waals surface area (Å²) in [6.45, 7) is 3.68. The number of aromatic nitrogens is 2. The Morgan fingerprint density at radius 1 is 1.30 bits per heavy atom. The lowest BCUT2D eigenvalue weighted by Crippen LogP contribution is -2.45. The van der Waals surface area contributed by atoms with Crippen LogP contribution in [0.25, 0.3) is 0 Å². The molecule has 1 aromatic carbocycles. The smallest absolute Gasteiger partial charge is 0.263 e. The molecule has 6 nitrogen and oxygen atoms in total. The van der Waals surface area contributed by atoms with Crippen molar-refractivity contribution in [3.05, 3.63) is 46.6 Å². The summed E-state index contributed by atoms with van der Waals surface area (Å²) < 4.78 is 5.29. The van der Waals surface area contributed by atoms with Gasteiger partial charge in [-0.25, -0.2) is 0 Å². The fourth-order valence-corrected chi connectivity index (χ4v) is 3.02. The third-order valence-electron chi connectivity index (χ3n) is 4.09. The van der Waals surface area contributed by atoms with Gasteiger partial charge in [-0.05, 0) is 13.0 Å². The Morgan fingerprint density at radius 3 is 2.80 bits per heavy atom. The van der Waals surface area contributed by atoms with Crippen LogP contribution in [-0.2, 0) is 12.0 Å². The minimum atomic E-state index is -0.988. The van der Waals surface area contributed by atoms with Gasteiger partial charge in [-0.3, -0.25) is 14.5 Å². The SMILES string of the molecule is CCc1noc(C2(C)c3cccc4c3C(=O)N2C4=O)n1. The van der Waals surface area contributed by atoms with E-state index in [0.29, 0.717) is 23.4 Å². The van der Waals surface area contributed by atoms with Crippen molar-refractivity contribution in [1.82, 2.24) is 15.0 Å². The molecule has 0 saturated carbocycles. The van der Waals surface area contributed by atoms with Gasteiger partial charge in [-0.15, -0.1) is 0 Å². The lowest BCUT2D eigenvalue weighted by molar-refractivity contribution is 0.0493. The Labute approximate surface area is 114 Å². The number of aryl methyl sites for hydroxylation is 1. The number of fused-ring (bicyclic) bond motifs is 1. The lowest BCUT2D eigenvalue weighted by Gasteiger charge is -2.31. The molecular formula is C14H11N3O3. The number of hydrogen-bond donors (Lipinski definition) is 0. The zero-order chi connectivity index (χ0) is 14.1. The second-order valence-electron chi connectivity index (χ2n) is 5.12. The monoisotopic (exact) mass is 269 g/mol. The first-order chi connectivity index (χ1) is 9.59. The summed E-state index contributed by atoms with van der Waals surface area (Å²) in [7, 11) is 0. The van der Waals surface area contributed by atoms with Gasteiger partial charge in [-0.2, -0.15) is 4.98 Å². The highest BCUT2D eigenvalue weighted by Crippen LogP contribution is 2.49. The van der Waals surface area contributed by atoms with E-state index in [1.807, 2.05) is 13.0 Å². The minimum Gasteiger partial charge on any atom is -0.336 e. The molecule has 0 fully saturated rings. The van der Waals surface area contributed by atoms with E-state index in [4.69, 9.17) is 4.52 Å². The topological polar surface area (TPSA) is 76.3 Å². The third-order valence-corrected chi connectivity index (χ3v) is 4.09. The van der Waals surface area contributed by atoms with Crippen LogP contribution in [0.1, 0.15) is 51.8 Å². The van der Waals surface area contributed by atoms with Gasteiger partial charge >= 0.3 is 0 Å². The Bertz CT molecular complexity index is 772. The molecule has 0 spiro atoms. The molecule has 2 amide bonds. The summed E-state index contributed by atoms with van der Waals surface area (Å²) >= 11 is 0. The summed E-state index contributed by atoms with van der Waals surface area (Å²) in [6, 6.07) is 5.28. The van der Waals surface area contributed by atoms with E-state index < -0.39 is 5.54 Å². The van der Waals surface area contributed by atoms with E-state index in [1.165, 1.54) is 4.90 Å². The second kappa shape index (κ2) is 3.33. The van der Waals surface area contributed by atoms with E-state index >= 15 is 0 Å². The van der Waals surface area contributed by atoms with E-state index in [9.17, 15) is 9.59 Å². The molecule has 2 aromatic rings. The van der Waals surface area contributed by atoms with Gasteiger partial charge in [0.25, 0.3) is 17.7 Å². The molecule has 2 bridgehead atoms. The van der Waals surface area contributed by atoms with Gasteiger partial charge in [0.05, 0.1) is 11.1 Å². The van der Waals surface area contributed by atoms with Crippen molar-refractivity contribution in [3.8, 4) is 0 Å². The highest BCUT2D eigenvalue weighted by Gasteiger charge is 2.60. The van der Waals surface area contributed by atoms with Crippen LogP contribution in [0, 0.1) is 0 Å². The average Bonchev–Trinajstić information content (AvgIpc) is 3.08. The van der Waals surface area contributed by atoms with Gasteiger partial charge in [-0.1, -0.05) is 24.2 Å². The number of hydrogen-bond acceptors (Lipinski definition) is 5. The second-order valence-corrected chi connectivity index (χ2v) is 5.12. The van der Waals surface area contributed by atoms with Crippen molar-refractivity contribution in [2.24, 2.45) is 0 Å². The van der Waals surface area contributed by atoms with Gasteiger partial charge in [0.2, 0.25) is 0 Å². The van der Waals surface area contributed by atoms with Crippen LogP contribution < -0.4 is 0 Å². The molecule has 0 aliphatic carbocycles. The fourth-order valence-electron chi connectivity index (χ4n) is 3.02. The molecule has 1 aromatic heterocycles. The Kier molecular flexibility index (Phi) is 1.89. The van der Waals surface area contributed by atoms with Crippen LogP contribution in [0.5, 0.6) is 0 Å². The lowest BCUT2D eigenvalue weighted by atomic mass is 9.86. The van der Waals surface area contributed by atoms with Gasteiger partial charge in [0.15, 0.2) is 11.4 Å². The minimum absolute atomic E-state index is 0.278. The molecule has 0 saturated heterocycles. The molecule has 100 valence electrons. The predicted octanol–water partition coefficient (Wildman–Crippen LogP) is 1.51. The first-order valence-corrected chi connectivity index (χ1v) is 6.44. The zero-order valence-electron chi connectivity index (χ0n) is 11.0. The molecule has 2 aliphatic heterocycles. The fraction of sp³-hybridized carbons (Fsp3) is 0.286. The summed E-state index contributed by atoms with van der Waals surface area (Å²) in [5.41, 5.74) is 0.695. The predicted molar refractivity (Wildman–Crippen MR) is 67.1 cm³/mol. The molecular weight excluding hydrogens is 258 g/mol. The molecule has 4 rings (SSSR count). The number of amides is 2. The van der Waals surface area contributed by atoms with Crippen molar-refractivity contribution in [1.29, 1.82) is 0 Å². The first-order valence-electron chi connectivity index (χ1n) is 6.44. The Balaban J connectivity index is 2.01. The number of rotatable bonds is 2. The van der Waals surface area contributed by atoms with Crippen LogP contribution in [0.3, 0.4) is 0 Å². The van der Waals surface area contributed by atoms with E-state index in [-0.39, 0.29) is 17.7 Å².